The van der Waals surface area contributed by atoms with E-state index in [0.29, 0.717) is 11.2 Å². The third-order valence-corrected chi connectivity index (χ3v) is 2.81. The molecule has 0 radical (unpaired) electrons. The fourth-order valence-electron chi connectivity index (χ4n) is 1.97. The molecule has 14 heavy (non-hydrogen) atoms. The van der Waals surface area contributed by atoms with Crippen molar-refractivity contribution in [3.8, 4) is 0 Å². The first-order valence-corrected chi connectivity index (χ1v) is 5.03. The van der Waals surface area contributed by atoms with E-state index in [1.165, 1.54) is 12.1 Å². The zero-order valence-corrected chi connectivity index (χ0v) is 8.83. The van der Waals surface area contributed by atoms with Crippen molar-refractivity contribution in [1.29, 1.82) is 0 Å². The summed E-state index contributed by atoms with van der Waals surface area (Å²) in [6.45, 7) is 6.84. The summed E-state index contributed by atoms with van der Waals surface area (Å²) in [6, 6.07) is 3.97. The molecular formula is C11H17N3. The lowest BCUT2D eigenvalue weighted by Gasteiger charge is -2.21. The van der Waals surface area contributed by atoms with Gasteiger partial charge in [0.1, 0.15) is 5.82 Å². The molecular weight excluding hydrogens is 174 g/mol. The van der Waals surface area contributed by atoms with Crippen molar-refractivity contribution in [2.75, 3.05) is 23.7 Å². The maximum Gasteiger partial charge on any atom is 0.125 e. The van der Waals surface area contributed by atoms with E-state index in [4.69, 9.17) is 5.73 Å². The quantitative estimate of drug-likeness (QED) is 0.737. The summed E-state index contributed by atoms with van der Waals surface area (Å²) in [5.74, 6) is 0.604. The van der Waals surface area contributed by atoms with E-state index in [2.05, 4.69) is 23.7 Å². The first-order chi connectivity index (χ1) is 6.57. The van der Waals surface area contributed by atoms with Crippen LogP contribution >= 0.6 is 0 Å². The van der Waals surface area contributed by atoms with Gasteiger partial charge < -0.3 is 10.6 Å². The molecule has 0 aromatic carbocycles. The van der Waals surface area contributed by atoms with E-state index in [9.17, 15) is 0 Å². The van der Waals surface area contributed by atoms with Crippen molar-refractivity contribution in [2.45, 2.75) is 20.3 Å². The Morgan fingerprint density at radius 3 is 2.86 bits per heavy atom. The summed E-state index contributed by atoms with van der Waals surface area (Å²) >= 11 is 0. The van der Waals surface area contributed by atoms with Crippen LogP contribution in [-0.4, -0.2) is 18.1 Å². The normalized spacial score (nSPS) is 20.0. The third-order valence-electron chi connectivity index (χ3n) is 2.81. The Morgan fingerprint density at radius 1 is 1.50 bits per heavy atom. The molecule has 0 bridgehead atoms. The predicted octanol–water partition coefficient (Wildman–Crippen LogP) is 1.90. The number of rotatable bonds is 1. The summed E-state index contributed by atoms with van der Waals surface area (Å²) < 4.78 is 0. The largest absolute Gasteiger partial charge is 0.384 e. The Hall–Kier alpha value is -1.25. The van der Waals surface area contributed by atoms with Crippen LogP contribution in [-0.2, 0) is 0 Å². The average molecular weight is 191 g/mol. The van der Waals surface area contributed by atoms with Crippen LogP contribution in [0.4, 0.5) is 11.5 Å². The number of pyridine rings is 1. The van der Waals surface area contributed by atoms with Crippen LogP contribution in [0.15, 0.2) is 18.3 Å². The predicted molar refractivity (Wildman–Crippen MR) is 59.3 cm³/mol. The summed E-state index contributed by atoms with van der Waals surface area (Å²) in [4.78, 5) is 6.37. The average Bonchev–Trinajstić information content (AvgIpc) is 2.46. The molecule has 1 aromatic rings. The molecule has 1 aromatic heterocycles. The number of hydrogen-bond acceptors (Lipinski definition) is 3. The molecule has 0 aliphatic carbocycles. The second kappa shape index (κ2) is 3.15. The van der Waals surface area contributed by atoms with Crippen LogP contribution < -0.4 is 10.6 Å². The number of nitrogens with zero attached hydrogens (tertiary/aromatic N) is 2. The van der Waals surface area contributed by atoms with Gasteiger partial charge in [-0.15, -0.1) is 0 Å². The van der Waals surface area contributed by atoms with E-state index in [1.807, 2.05) is 12.1 Å². The van der Waals surface area contributed by atoms with Crippen LogP contribution in [0.2, 0.25) is 0 Å². The Bertz CT molecular complexity index is 333. The zero-order valence-electron chi connectivity index (χ0n) is 8.83. The minimum atomic E-state index is 0.429. The number of nitrogen functional groups attached to an aromatic ring is 1. The molecule has 3 nitrogen and oxygen atoms in total. The van der Waals surface area contributed by atoms with Crippen molar-refractivity contribution in [3.63, 3.8) is 0 Å². The van der Waals surface area contributed by atoms with Gasteiger partial charge in [-0.25, -0.2) is 4.98 Å². The van der Waals surface area contributed by atoms with Crippen LogP contribution in [0.25, 0.3) is 0 Å². The molecule has 1 aliphatic rings. The lowest BCUT2D eigenvalue weighted by Crippen LogP contribution is -2.22. The van der Waals surface area contributed by atoms with Crippen molar-refractivity contribution >= 4 is 11.5 Å². The van der Waals surface area contributed by atoms with E-state index >= 15 is 0 Å². The molecule has 2 heterocycles. The summed E-state index contributed by atoms with van der Waals surface area (Å²) in [7, 11) is 0. The van der Waals surface area contributed by atoms with Crippen molar-refractivity contribution < 1.29 is 0 Å². The van der Waals surface area contributed by atoms with Gasteiger partial charge in [0.25, 0.3) is 0 Å². The Labute approximate surface area is 84.9 Å². The molecule has 1 saturated heterocycles. The summed E-state index contributed by atoms with van der Waals surface area (Å²) in [5, 5.41) is 0. The maximum atomic E-state index is 5.66. The van der Waals surface area contributed by atoms with Crippen LogP contribution in [0.3, 0.4) is 0 Å². The highest BCUT2D eigenvalue weighted by Gasteiger charge is 2.29. The lowest BCUT2D eigenvalue weighted by atomic mass is 9.93. The van der Waals surface area contributed by atoms with E-state index < -0.39 is 0 Å². The smallest absolute Gasteiger partial charge is 0.125 e. The molecule has 1 fully saturated rings. The fourth-order valence-corrected chi connectivity index (χ4v) is 1.97. The molecule has 0 atom stereocenters. The SMILES string of the molecule is CC1(C)CCN(c2ccnc(N)c2)C1. The molecule has 2 rings (SSSR count). The van der Waals surface area contributed by atoms with Crippen LogP contribution in [0.5, 0.6) is 0 Å². The standard InChI is InChI=1S/C11H17N3/c1-11(2)4-6-14(8-11)9-3-5-13-10(12)7-9/h3,5,7H,4,6,8H2,1-2H3,(H2,12,13). The highest BCUT2D eigenvalue weighted by molar-refractivity contribution is 5.52. The molecule has 76 valence electrons. The van der Waals surface area contributed by atoms with Crippen molar-refractivity contribution in [2.24, 2.45) is 5.41 Å². The molecule has 0 spiro atoms. The molecule has 1 aliphatic heterocycles. The van der Waals surface area contributed by atoms with Crippen LogP contribution in [0, 0.1) is 5.41 Å². The van der Waals surface area contributed by atoms with Gasteiger partial charge in [-0.2, -0.15) is 0 Å². The second-order valence-corrected chi connectivity index (χ2v) is 4.77. The number of aromatic nitrogens is 1. The Balaban J connectivity index is 2.17. The minimum Gasteiger partial charge on any atom is -0.384 e. The van der Waals surface area contributed by atoms with Gasteiger partial charge in [0.2, 0.25) is 0 Å². The minimum absolute atomic E-state index is 0.429. The van der Waals surface area contributed by atoms with Gasteiger partial charge in [0, 0.05) is 31.0 Å². The van der Waals surface area contributed by atoms with Crippen molar-refractivity contribution in [1.82, 2.24) is 4.98 Å². The summed E-state index contributed by atoms with van der Waals surface area (Å²) in [6.07, 6.45) is 3.02. The van der Waals surface area contributed by atoms with Gasteiger partial charge in [0.15, 0.2) is 0 Å². The number of hydrogen-bond donors (Lipinski definition) is 1. The zero-order chi connectivity index (χ0) is 10.2. The highest BCUT2D eigenvalue weighted by Crippen LogP contribution is 2.32. The number of nitrogens with two attached hydrogens (primary N) is 1. The molecule has 2 N–H and O–H groups in total. The number of anilines is 2. The first-order valence-electron chi connectivity index (χ1n) is 5.03. The van der Waals surface area contributed by atoms with E-state index in [0.717, 1.165) is 13.1 Å². The van der Waals surface area contributed by atoms with Crippen LogP contribution in [0.1, 0.15) is 20.3 Å². The molecule has 3 heteroatoms. The first kappa shape index (κ1) is 9.31. The topological polar surface area (TPSA) is 42.2 Å². The van der Waals surface area contributed by atoms with E-state index in [-0.39, 0.29) is 0 Å². The molecule has 0 amide bonds. The van der Waals surface area contributed by atoms with Gasteiger partial charge in [-0.1, -0.05) is 13.8 Å². The van der Waals surface area contributed by atoms with Gasteiger partial charge in [-0.05, 0) is 17.9 Å². The monoisotopic (exact) mass is 191 g/mol. The second-order valence-electron chi connectivity index (χ2n) is 4.77. The van der Waals surface area contributed by atoms with E-state index in [1.54, 1.807) is 6.20 Å². The molecule has 0 unspecified atom stereocenters. The third kappa shape index (κ3) is 1.81. The lowest BCUT2D eigenvalue weighted by molar-refractivity contribution is 0.418. The maximum absolute atomic E-state index is 5.66. The van der Waals surface area contributed by atoms with Gasteiger partial charge in [0.05, 0.1) is 0 Å². The molecule has 0 saturated carbocycles. The Kier molecular flexibility index (Phi) is 2.10. The van der Waals surface area contributed by atoms with Gasteiger partial charge >= 0.3 is 0 Å². The Morgan fingerprint density at radius 2 is 2.29 bits per heavy atom. The fraction of sp³-hybridized carbons (Fsp3) is 0.545. The highest BCUT2D eigenvalue weighted by atomic mass is 15.2. The van der Waals surface area contributed by atoms with Crippen molar-refractivity contribution in [3.05, 3.63) is 18.3 Å². The van der Waals surface area contributed by atoms with Gasteiger partial charge in [-0.3, -0.25) is 0 Å². The summed E-state index contributed by atoms with van der Waals surface area (Å²) in [5.41, 5.74) is 7.28.